The Hall–Kier alpha value is -2.60. The third kappa shape index (κ3) is 4.14. The molecule has 1 amide bonds. The van der Waals surface area contributed by atoms with Crippen LogP contribution in [0, 0.1) is 13.8 Å². The van der Waals surface area contributed by atoms with Gasteiger partial charge in [0.2, 0.25) is 0 Å². The SMILES string of the molecule is Cc1nn(C)c(C)c1NC(=O)COc1ccc(-c2ccc(Br)cc2)cc1. The Kier molecular flexibility index (Phi) is 5.42. The van der Waals surface area contributed by atoms with E-state index in [1.54, 1.807) is 4.68 Å². The molecule has 26 heavy (non-hydrogen) atoms. The number of halogens is 1. The molecule has 0 atom stereocenters. The third-order valence-electron chi connectivity index (χ3n) is 4.18. The zero-order valence-corrected chi connectivity index (χ0v) is 16.5. The van der Waals surface area contributed by atoms with Crippen LogP contribution in [0.25, 0.3) is 11.1 Å². The molecule has 6 heteroatoms. The van der Waals surface area contributed by atoms with Crippen LogP contribution in [0.15, 0.2) is 53.0 Å². The molecule has 1 N–H and O–H groups in total. The average Bonchev–Trinajstić information content (AvgIpc) is 2.87. The number of hydrogen-bond donors (Lipinski definition) is 1. The summed E-state index contributed by atoms with van der Waals surface area (Å²) in [5.74, 6) is 0.446. The summed E-state index contributed by atoms with van der Waals surface area (Å²) >= 11 is 3.43. The fourth-order valence-electron chi connectivity index (χ4n) is 2.66. The zero-order chi connectivity index (χ0) is 18.7. The molecule has 1 heterocycles. The number of aromatic nitrogens is 2. The number of nitrogens with zero attached hydrogens (tertiary/aromatic N) is 2. The number of carbonyl (C=O) groups is 1. The van der Waals surface area contributed by atoms with Gasteiger partial charge in [-0.05, 0) is 49.2 Å². The Morgan fingerprint density at radius 3 is 2.19 bits per heavy atom. The standard InChI is InChI=1S/C20H20BrN3O2/c1-13-20(14(2)24(3)23-13)22-19(25)12-26-18-10-6-16(7-11-18)15-4-8-17(21)9-5-15/h4-11H,12H2,1-3H3,(H,22,25). The van der Waals surface area contributed by atoms with Crippen LogP contribution in [0.3, 0.4) is 0 Å². The largest absolute Gasteiger partial charge is 0.484 e. The molecule has 0 aliphatic carbocycles. The van der Waals surface area contributed by atoms with E-state index in [1.807, 2.05) is 69.4 Å². The molecule has 0 aliphatic rings. The first-order valence-corrected chi connectivity index (χ1v) is 9.02. The van der Waals surface area contributed by atoms with Gasteiger partial charge in [0, 0.05) is 11.5 Å². The first kappa shape index (κ1) is 18.2. The Morgan fingerprint density at radius 2 is 1.65 bits per heavy atom. The maximum Gasteiger partial charge on any atom is 0.262 e. The van der Waals surface area contributed by atoms with E-state index in [1.165, 1.54) is 0 Å². The van der Waals surface area contributed by atoms with Gasteiger partial charge in [0.25, 0.3) is 5.91 Å². The number of anilines is 1. The van der Waals surface area contributed by atoms with Gasteiger partial charge in [-0.3, -0.25) is 9.48 Å². The van der Waals surface area contributed by atoms with Gasteiger partial charge in [-0.2, -0.15) is 5.10 Å². The fourth-order valence-corrected chi connectivity index (χ4v) is 2.93. The number of carbonyl (C=O) groups excluding carboxylic acids is 1. The lowest BCUT2D eigenvalue weighted by Crippen LogP contribution is -2.20. The van der Waals surface area contributed by atoms with Crippen molar-refractivity contribution in [1.82, 2.24) is 9.78 Å². The first-order chi connectivity index (χ1) is 12.4. The highest BCUT2D eigenvalue weighted by Crippen LogP contribution is 2.24. The Bertz CT molecular complexity index is 915. The highest BCUT2D eigenvalue weighted by Gasteiger charge is 2.12. The fraction of sp³-hybridized carbons (Fsp3) is 0.200. The minimum Gasteiger partial charge on any atom is -0.484 e. The third-order valence-corrected chi connectivity index (χ3v) is 4.70. The monoisotopic (exact) mass is 413 g/mol. The van der Waals surface area contributed by atoms with Crippen LogP contribution >= 0.6 is 15.9 Å². The number of aryl methyl sites for hydroxylation is 2. The van der Waals surface area contributed by atoms with Crippen molar-refractivity contribution < 1.29 is 9.53 Å². The molecule has 5 nitrogen and oxygen atoms in total. The van der Waals surface area contributed by atoms with Crippen molar-refractivity contribution in [2.24, 2.45) is 7.05 Å². The topological polar surface area (TPSA) is 56.2 Å². The summed E-state index contributed by atoms with van der Waals surface area (Å²) in [6.45, 7) is 3.73. The maximum atomic E-state index is 12.1. The predicted molar refractivity (Wildman–Crippen MR) is 106 cm³/mol. The van der Waals surface area contributed by atoms with Gasteiger partial charge >= 0.3 is 0 Å². The lowest BCUT2D eigenvalue weighted by atomic mass is 10.1. The van der Waals surface area contributed by atoms with Gasteiger partial charge in [-0.25, -0.2) is 0 Å². The summed E-state index contributed by atoms with van der Waals surface area (Å²) in [5.41, 5.74) is 4.66. The number of hydrogen-bond acceptors (Lipinski definition) is 3. The number of rotatable bonds is 5. The predicted octanol–water partition coefficient (Wildman–Crippen LogP) is 4.48. The highest BCUT2D eigenvalue weighted by atomic mass is 79.9. The van der Waals surface area contributed by atoms with E-state index < -0.39 is 0 Å². The normalized spacial score (nSPS) is 10.6. The molecule has 0 spiro atoms. The molecule has 0 saturated carbocycles. The Labute approximate surface area is 161 Å². The molecular formula is C20H20BrN3O2. The molecule has 0 unspecified atom stereocenters. The summed E-state index contributed by atoms with van der Waals surface area (Å²) in [5, 5.41) is 7.14. The van der Waals surface area contributed by atoms with Gasteiger partial charge in [0.05, 0.1) is 17.1 Å². The lowest BCUT2D eigenvalue weighted by Gasteiger charge is -2.09. The van der Waals surface area contributed by atoms with Crippen molar-refractivity contribution in [3.8, 4) is 16.9 Å². The molecule has 134 valence electrons. The molecule has 0 radical (unpaired) electrons. The van der Waals surface area contributed by atoms with E-state index in [0.29, 0.717) is 5.75 Å². The van der Waals surface area contributed by atoms with Gasteiger partial charge in [0.1, 0.15) is 5.75 Å². The quantitative estimate of drug-likeness (QED) is 0.670. The molecule has 0 aliphatic heterocycles. The summed E-state index contributed by atoms with van der Waals surface area (Å²) in [4.78, 5) is 12.1. The molecular weight excluding hydrogens is 394 g/mol. The van der Waals surface area contributed by atoms with Crippen LogP contribution < -0.4 is 10.1 Å². The van der Waals surface area contributed by atoms with Crippen LogP contribution in [-0.2, 0) is 11.8 Å². The van der Waals surface area contributed by atoms with Crippen LogP contribution in [0.4, 0.5) is 5.69 Å². The van der Waals surface area contributed by atoms with Crippen LogP contribution in [0.1, 0.15) is 11.4 Å². The molecule has 1 aromatic heterocycles. The van der Waals surface area contributed by atoms with Crippen molar-refractivity contribution in [3.05, 3.63) is 64.4 Å². The van der Waals surface area contributed by atoms with Crippen molar-refractivity contribution in [1.29, 1.82) is 0 Å². The van der Waals surface area contributed by atoms with Gasteiger partial charge in [-0.1, -0.05) is 40.2 Å². The molecule has 3 rings (SSSR count). The molecule has 2 aromatic carbocycles. The van der Waals surface area contributed by atoms with E-state index in [2.05, 4.69) is 26.3 Å². The molecule has 3 aromatic rings. The van der Waals surface area contributed by atoms with Gasteiger partial charge in [0.15, 0.2) is 6.61 Å². The van der Waals surface area contributed by atoms with E-state index in [-0.39, 0.29) is 12.5 Å². The summed E-state index contributed by atoms with van der Waals surface area (Å²) < 4.78 is 8.38. The second-order valence-electron chi connectivity index (χ2n) is 6.04. The van der Waals surface area contributed by atoms with E-state index in [9.17, 15) is 4.79 Å². The number of nitrogens with one attached hydrogen (secondary N) is 1. The minimum absolute atomic E-state index is 0.0502. The molecule has 0 fully saturated rings. The van der Waals surface area contributed by atoms with E-state index in [4.69, 9.17) is 4.74 Å². The van der Waals surface area contributed by atoms with Gasteiger partial charge < -0.3 is 10.1 Å². The molecule has 0 saturated heterocycles. The summed E-state index contributed by atoms with van der Waals surface area (Å²) in [6.07, 6.45) is 0. The van der Waals surface area contributed by atoms with Crippen LogP contribution in [0.5, 0.6) is 5.75 Å². The average molecular weight is 414 g/mol. The maximum absolute atomic E-state index is 12.1. The first-order valence-electron chi connectivity index (χ1n) is 8.23. The second-order valence-corrected chi connectivity index (χ2v) is 6.95. The zero-order valence-electron chi connectivity index (χ0n) is 14.9. The number of benzene rings is 2. The smallest absolute Gasteiger partial charge is 0.262 e. The summed E-state index contributed by atoms with van der Waals surface area (Å²) in [6, 6.07) is 15.8. The van der Waals surface area contributed by atoms with E-state index in [0.717, 1.165) is 32.7 Å². The van der Waals surface area contributed by atoms with Crippen molar-refractivity contribution in [2.45, 2.75) is 13.8 Å². The van der Waals surface area contributed by atoms with Crippen LogP contribution in [0.2, 0.25) is 0 Å². The van der Waals surface area contributed by atoms with Gasteiger partial charge in [-0.15, -0.1) is 0 Å². The van der Waals surface area contributed by atoms with Crippen molar-refractivity contribution in [2.75, 3.05) is 11.9 Å². The van der Waals surface area contributed by atoms with E-state index >= 15 is 0 Å². The Balaban J connectivity index is 1.59. The summed E-state index contributed by atoms with van der Waals surface area (Å²) in [7, 11) is 1.85. The van der Waals surface area contributed by atoms with Crippen molar-refractivity contribution in [3.63, 3.8) is 0 Å². The lowest BCUT2D eigenvalue weighted by molar-refractivity contribution is -0.118. The number of ether oxygens (including phenoxy) is 1. The van der Waals surface area contributed by atoms with Crippen molar-refractivity contribution >= 4 is 27.5 Å². The number of amides is 1. The minimum atomic E-state index is -0.207. The highest BCUT2D eigenvalue weighted by molar-refractivity contribution is 9.10. The van der Waals surface area contributed by atoms with Crippen LogP contribution in [-0.4, -0.2) is 22.3 Å². The Morgan fingerprint density at radius 1 is 1.08 bits per heavy atom. The molecule has 0 bridgehead atoms. The second kappa shape index (κ2) is 7.74.